The lowest BCUT2D eigenvalue weighted by Gasteiger charge is -2.10. The second-order valence-electron chi connectivity index (χ2n) is 6.16. The Morgan fingerprint density at radius 1 is 1.21 bits per heavy atom. The van der Waals surface area contributed by atoms with Crippen molar-refractivity contribution in [1.29, 1.82) is 0 Å². The van der Waals surface area contributed by atoms with Crippen LogP contribution in [-0.2, 0) is 12.7 Å². The van der Waals surface area contributed by atoms with Crippen molar-refractivity contribution >= 4 is 28.3 Å². The molecule has 3 heterocycles. The van der Waals surface area contributed by atoms with Crippen molar-refractivity contribution in [2.45, 2.75) is 12.7 Å². The maximum atomic E-state index is 13.8. The number of H-pyrrole nitrogens is 1. The Morgan fingerprint density at radius 3 is 2.83 bits per heavy atom. The van der Waals surface area contributed by atoms with Gasteiger partial charge in [-0.15, -0.1) is 11.3 Å². The molecule has 1 aromatic carbocycles. The number of pyridine rings is 1. The number of nitrogens with one attached hydrogen (secondary N) is 2. The molecule has 0 spiro atoms. The van der Waals surface area contributed by atoms with Gasteiger partial charge in [0.25, 0.3) is 5.91 Å². The van der Waals surface area contributed by atoms with Crippen LogP contribution in [0.25, 0.3) is 21.6 Å². The van der Waals surface area contributed by atoms with Crippen molar-refractivity contribution in [3.8, 4) is 10.6 Å². The highest BCUT2D eigenvalue weighted by Gasteiger charge is 2.31. The second-order valence-corrected chi connectivity index (χ2v) is 7.07. The second kappa shape index (κ2) is 7.28. The number of amides is 1. The molecule has 0 bridgehead atoms. The first-order valence-corrected chi connectivity index (χ1v) is 9.23. The van der Waals surface area contributed by atoms with Gasteiger partial charge in [0, 0.05) is 29.1 Å². The Kier molecular flexibility index (Phi) is 4.79. The molecule has 3 aromatic heterocycles. The average molecular weight is 420 g/mol. The molecular weight excluding hydrogens is 408 g/mol. The Labute approximate surface area is 165 Å². The molecule has 0 atom stereocenters. The number of benzene rings is 1. The number of nitrogens with zero attached hydrogens (tertiary/aromatic N) is 2. The SMILES string of the molecule is O=C(NCc1cc(C(F)(F)F)ccc1F)c1csc(-c2n[nH]c3ncccc23)c1. The number of aromatic amines is 1. The fourth-order valence-electron chi connectivity index (χ4n) is 2.79. The molecule has 4 aromatic rings. The smallest absolute Gasteiger partial charge is 0.348 e. The summed E-state index contributed by atoms with van der Waals surface area (Å²) in [6.45, 7) is -0.366. The Morgan fingerprint density at radius 2 is 2.03 bits per heavy atom. The van der Waals surface area contributed by atoms with E-state index in [1.807, 2.05) is 6.07 Å². The lowest BCUT2D eigenvalue weighted by atomic mass is 10.1. The highest BCUT2D eigenvalue weighted by atomic mass is 32.1. The summed E-state index contributed by atoms with van der Waals surface area (Å²) < 4.78 is 52.2. The monoisotopic (exact) mass is 420 g/mol. The van der Waals surface area contributed by atoms with Crippen LogP contribution < -0.4 is 5.32 Å². The summed E-state index contributed by atoms with van der Waals surface area (Å²) in [6, 6.07) is 7.32. The van der Waals surface area contributed by atoms with E-state index in [2.05, 4.69) is 20.5 Å². The van der Waals surface area contributed by atoms with Crippen LogP contribution >= 0.6 is 11.3 Å². The zero-order valence-electron chi connectivity index (χ0n) is 14.5. The number of rotatable bonds is 4. The minimum Gasteiger partial charge on any atom is -0.348 e. The Balaban J connectivity index is 1.51. The molecule has 1 amide bonds. The van der Waals surface area contributed by atoms with E-state index in [4.69, 9.17) is 0 Å². The average Bonchev–Trinajstić information content (AvgIpc) is 3.33. The van der Waals surface area contributed by atoms with Crippen LogP contribution in [-0.4, -0.2) is 21.1 Å². The standard InChI is InChI=1S/C19H12F4N4OS/c20-14-4-3-12(19(21,22)23)6-10(14)8-25-18(28)11-7-15(29-9-11)16-13-2-1-5-24-17(13)27-26-16/h1-7,9H,8H2,(H,25,28)(H,24,26,27). The molecule has 5 nitrogen and oxygen atoms in total. The molecule has 2 N–H and O–H groups in total. The number of hydrogen-bond acceptors (Lipinski definition) is 4. The molecule has 0 aliphatic carbocycles. The predicted molar refractivity (Wildman–Crippen MR) is 99.8 cm³/mol. The molecule has 0 saturated carbocycles. The predicted octanol–water partition coefficient (Wildman–Crippen LogP) is 4.77. The van der Waals surface area contributed by atoms with Gasteiger partial charge in [-0.3, -0.25) is 9.89 Å². The third-order valence-electron chi connectivity index (χ3n) is 4.24. The van der Waals surface area contributed by atoms with Crippen molar-refractivity contribution in [3.63, 3.8) is 0 Å². The number of halogens is 4. The molecule has 0 aliphatic heterocycles. The Bertz CT molecular complexity index is 1200. The van der Waals surface area contributed by atoms with Gasteiger partial charge in [-0.2, -0.15) is 18.3 Å². The van der Waals surface area contributed by atoms with Crippen LogP contribution in [0.5, 0.6) is 0 Å². The van der Waals surface area contributed by atoms with E-state index < -0.39 is 23.5 Å². The molecular formula is C19H12F4N4OS. The molecule has 148 valence electrons. The van der Waals surface area contributed by atoms with Gasteiger partial charge in [0.1, 0.15) is 11.5 Å². The molecule has 10 heteroatoms. The van der Waals surface area contributed by atoms with E-state index >= 15 is 0 Å². The first kappa shape index (κ1) is 19.1. The van der Waals surface area contributed by atoms with Crippen molar-refractivity contribution in [2.75, 3.05) is 0 Å². The van der Waals surface area contributed by atoms with Crippen LogP contribution in [0.1, 0.15) is 21.5 Å². The quantitative estimate of drug-likeness (QED) is 0.467. The first-order chi connectivity index (χ1) is 13.8. The zero-order valence-corrected chi connectivity index (χ0v) is 15.4. The molecule has 4 rings (SSSR count). The van der Waals surface area contributed by atoms with Crippen LogP contribution in [0.2, 0.25) is 0 Å². The van der Waals surface area contributed by atoms with Crippen LogP contribution in [0, 0.1) is 5.82 Å². The van der Waals surface area contributed by atoms with Gasteiger partial charge >= 0.3 is 6.18 Å². The van der Waals surface area contributed by atoms with Crippen molar-refractivity contribution in [2.24, 2.45) is 0 Å². The largest absolute Gasteiger partial charge is 0.416 e. The maximum Gasteiger partial charge on any atom is 0.416 e. The number of carbonyl (C=O) groups excluding carboxylic acids is 1. The van der Waals surface area contributed by atoms with Crippen LogP contribution in [0.3, 0.4) is 0 Å². The summed E-state index contributed by atoms with van der Waals surface area (Å²) >= 11 is 1.29. The van der Waals surface area contributed by atoms with Gasteiger partial charge in [-0.1, -0.05) is 0 Å². The van der Waals surface area contributed by atoms with Crippen molar-refractivity contribution in [1.82, 2.24) is 20.5 Å². The minimum atomic E-state index is -4.59. The third kappa shape index (κ3) is 3.83. The van der Waals surface area contributed by atoms with Gasteiger partial charge in [-0.25, -0.2) is 9.37 Å². The van der Waals surface area contributed by atoms with E-state index in [1.165, 1.54) is 11.3 Å². The first-order valence-electron chi connectivity index (χ1n) is 8.35. The fourth-order valence-corrected chi connectivity index (χ4v) is 3.68. The van der Waals surface area contributed by atoms with E-state index in [1.54, 1.807) is 23.7 Å². The molecule has 29 heavy (non-hydrogen) atoms. The van der Waals surface area contributed by atoms with Gasteiger partial charge in [-0.05, 0) is 36.4 Å². The van der Waals surface area contributed by atoms with Crippen LogP contribution in [0.4, 0.5) is 17.6 Å². The summed E-state index contributed by atoms with van der Waals surface area (Å²) in [5.74, 6) is -1.35. The molecule has 0 radical (unpaired) electrons. The maximum absolute atomic E-state index is 13.8. The summed E-state index contributed by atoms with van der Waals surface area (Å²) in [7, 11) is 0. The van der Waals surface area contributed by atoms with Gasteiger partial charge in [0.05, 0.1) is 16.0 Å². The number of thiophene rings is 1. The number of aromatic nitrogens is 3. The van der Waals surface area contributed by atoms with Crippen LogP contribution in [0.15, 0.2) is 48.0 Å². The molecule has 0 aliphatic rings. The topological polar surface area (TPSA) is 70.7 Å². The molecule has 0 fully saturated rings. The summed E-state index contributed by atoms with van der Waals surface area (Å²) in [5.41, 5.74) is 0.341. The van der Waals surface area contributed by atoms with Crippen molar-refractivity contribution < 1.29 is 22.4 Å². The lowest BCUT2D eigenvalue weighted by molar-refractivity contribution is -0.137. The molecule has 0 unspecified atom stereocenters. The molecule has 0 saturated heterocycles. The number of fused-ring (bicyclic) bond motifs is 1. The third-order valence-corrected chi connectivity index (χ3v) is 5.18. The number of carbonyl (C=O) groups is 1. The van der Waals surface area contributed by atoms with Gasteiger partial charge < -0.3 is 5.32 Å². The Hall–Kier alpha value is -3.27. The normalized spacial score (nSPS) is 11.7. The van der Waals surface area contributed by atoms with Gasteiger partial charge in [0.2, 0.25) is 0 Å². The number of hydrogen-bond donors (Lipinski definition) is 2. The summed E-state index contributed by atoms with van der Waals surface area (Å²) in [6.07, 6.45) is -2.96. The van der Waals surface area contributed by atoms with Crippen molar-refractivity contribution in [3.05, 3.63) is 70.5 Å². The minimum absolute atomic E-state index is 0.243. The summed E-state index contributed by atoms with van der Waals surface area (Å²) in [4.78, 5) is 17.2. The number of alkyl halides is 3. The van der Waals surface area contributed by atoms with E-state index in [9.17, 15) is 22.4 Å². The van der Waals surface area contributed by atoms with E-state index in [-0.39, 0.29) is 12.1 Å². The highest BCUT2D eigenvalue weighted by molar-refractivity contribution is 7.14. The van der Waals surface area contributed by atoms with Gasteiger partial charge in [0.15, 0.2) is 5.65 Å². The van der Waals surface area contributed by atoms with E-state index in [0.717, 1.165) is 16.3 Å². The lowest BCUT2D eigenvalue weighted by Crippen LogP contribution is -2.23. The fraction of sp³-hybridized carbons (Fsp3) is 0.105. The zero-order chi connectivity index (χ0) is 20.6. The summed E-state index contributed by atoms with van der Waals surface area (Å²) in [5, 5.41) is 11.9. The van der Waals surface area contributed by atoms with E-state index in [0.29, 0.717) is 29.0 Å². The highest BCUT2D eigenvalue weighted by Crippen LogP contribution is 2.31.